The maximum absolute atomic E-state index is 11.8. The van der Waals surface area contributed by atoms with Crippen molar-refractivity contribution in [1.82, 2.24) is 4.57 Å². The number of nitrogens with zero attached hydrogens (tertiary/aromatic N) is 1. The van der Waals surface area contributed by atoms with Crippen LogP contribution in [-0.2, 0) is 13.2 Å². The van der Waals surface area contributed by atoms with Gasteiger partial charge in [-0.25, -0.2) is 4.79 Å². The molecule has 0 amide bonds. The Kier molecular flexibility index (Phi) is 6.75. The number of aromatic carboxylic acids is 1. The Labute approximate surface area is 200 Å². The van der Waals surface area contributed by atoms with E-state index in [9.17, 15) is 9.90 Å². The SMILES string of the molecule is O=C(O)c1cc(-c2ccc(OCc3cc(Cl)cc(Cl)c3)cc2)cn1Cc1ccc(Cl)cc1. The molecule has 0 radical (unpaired) electrons. The molecule has 0 fully saturated rings. The molecule has 0 saturated heterocycles. The Morgan fingerprint density at radius 3 is 2.06 bits per heavy atom. The molecule has 0 spiro atoms. The van der Waals surface area contributed by atoms with Gasteiger partial charge < -0.3 is 14.4 Å². The van der Waals surface area contributed by atoms with Crippen molar-refractivity contribution in [2.24, 2.45) is 0 Å². The van der Waals surface area contributed by atoms with Crippen LogP contribution < -0.4 is 4.74 Å². The Morgan fingerprint density at radius 1 is 0.781 bits per heavy atom. The number of benzene rings is 3. The second-order valence-electron chi connectivity index (χ2n) is 7.26. The molecule has 0 bridgehead atoms. The highest BCUT2D eigenvalue weighted by Crippen LogP contribution is 2.27. The Balaban J connectivity index is 1.50. The number of carboxylic acid groups (broad SMARTS) is 1. The van der Waals surface area contributed by atoms with Gasteiger partial charge in [-0.15, -0.1) is 0 Å². The van der Waals surface area contributed by atoms with Gasteiger partial charge in [0, 0.05) is 33.4 Å². The molecule has 3 aromatic carbocycles. The second kappa shape index (κ2) is 9.70. The van der Waals surface area contributed by atoms with Crippen molar-refractivity contribution in [1.29, 1.82) is 0 Å². The number of hydrogen-bond donors (Lipinski definition) is 1. The summed E-state index contributed by atoms with van der Waals surface area (Å²) in [7, 11) is 0. The van der Waals surface area contributed by atoms with E-state index in [0.717, 1.165) is 22.3 Å². The molecule has 0 saturated carbocycles. The summed E-state index contributed by atoms with van der Waals surface area (Å²) >= 11 is 18.0. The van der Waals surface area contributed by atoms with Crippen LogP contribution >= 0.6 is 34.8 Å². The largest absolute Gasteiger partial charge is 0.489 e. The third-order valence-corrected chi connectivity index (χ3v) is 5.59. The van der Waals surface area contributed by atoms with Crippen LogP contribution in [0.5, 0.6) is 5.75 Å². The number of hydrogen-bond acceptors (Lipinski definition) is 2. The molecule has 4 aromatic rings. The van der Waals surface area contributed by atoms with E-state index in [2.05, 4.69) is 0 Å². The summed E-state index contributed by atoms with van der Waals surface area (Å²) in [6.07, 6.45) is 1.84. The average Bonchev–Trinajstić information content (AvgIpc) is 3.18. The minimum atomic E-state index is -0.981. The first-order chi connectivity index (χ1) is 15.4. The summed E-state index contributed by atoms with van der Waals surface area (Å²) in [4.78, 5) is 11.8. The molecular weight excluding hydrogens is 469 g/mol. The third kappa shape index (κ3) is 5.46. The summed E-state index contributed by atoms with van der Waals surface area (Å²) in [6.45, 7) is 0.766. The van der Waals surface area contributed by atoms with Gasteiger partial charge in [-0.05, 0) is 65.2 Å². The molecule has 1 N–H and O–H groups in total. The van der Waals surface area contributed by atoms with Crippen molar-refractivity contribution in [3.63, 3.8) is 0 Å². The fourth-order valence-corrected chi connectivity index (χ4v) is 4.07. The zero-order valence-corrected chi connectivity index (χ0v) is 19.0. The highest BCUT2D eigenvalue weighted by atomic mass is 35.5. The van der Waals surface area contributed by atoms with Crippen LogP contribution in [0.15, 0.2) is 79.0 Å². The van der Waals surface area contributed by atoms with Crippen LogP contribution in [0.3, 0.4) is 0 Å². The zero-order valence-electron chi connectivity index (χ0n) is 16.8. The van der Waals surface area contributed by atoms with Crippen molar-refractivity contribution >= 4 is 40.8 Å². The molecule has 0 aliphatic heterocycles. The zero-order chi connectivity index (χ0) is 22.7. The van der Waals surface area contributed by atoms with E-state index in [1.54, 1.807) is 41.0 Å². The number of carboxylic acids is 1. The first-order valence-corrected chi connectivity index (χ1v) is 10.9. The molecule has 4 rings (SSSR count). The van der Waals surface area contributed by atoms with Crippen molar-refractivity contribution in [2.75, 3.05) is 0 Å². The number of ether oxygens (including phenoxy) is 1. The quantitative estimate of drug-likeness (QED) is 0.295. The van der Waals surface area contributed by atoms with Gasteiger partial charge in [0.05, 0.1) is 0 Å². The Morgan fingerprint density at radius 2 is 1.44 bits per heavy atom. The monoisotopic (exact) mass is 485 g/mol. The van der Waals surface area contributed by atoms with Gasteiger partial charge in [-0.2, -0.15) is 0 Å². The lowest BCUT2D eigenvalue weighted by Gasteiger charge is -2.08. The van der Waals surface area contributed by atoms with Crippen molar-refractivity contribution in [3.05, 3.63) is 111 Å². The van der Waals surface area contributed by atoms with Crippen LogP contribution in [0, 0.1) is 0 Å². The summed E-state index contributed by atoms with van der Waals surface area (Å²) in [5.74, 6) is -0.297. The summed E-state index contributed by atoms with van der Waals surface area (Å²) in [6, 6.07) is 21.8. The molecule has 1 heterocycles. The van der Waals surface area contributed by atoms with E-state index in [-0.39, 0.29) is 5.69 Å². The lowest BCUT2D eigenvalue weighted by Crippen LogP contribution is -2.08. The van der Waals surface area contributed by atoms with E-state index in [0.29, 0.717) is 34.0 Å². The normalized spacial score (nSPS) is 10.8. The van der Waals surface area contributed by atoms with Gasteiger partial charge in [0.1, 0.15) is 18.1 Å². The maximum atomic E-state index is 11.8. The minimum absolute atomic E-state index is 0.216. The van der Waals surface area contributed by atoms with Crippen LogP contribution in [0.4, 0.5) is 0 Å². The summed E-state index contributed by atoms with van der Waals surface area (Å²) in [5, 5.41) is 11.4. The first kappa shape index (κ1) is 22.3. The Bertz CT molecular complexity index is 1230. The highest BCUT2D eigenvalue weighted by Gasteiger charge is 2.14. The van der Waals surface area contributed by atoms with E-state index in [1.165, 1.54) is 0 Å². The molecule has 0 aliphatic carbocycles. The maximum Gasteiger partial charge on any atom is 0.352 e. The van der Waals surface area contributed by atoms with Gasteiger partial charge in [-0.3, -0.25) is 0 Å². The first-order valence-electron chi connectivity index (χ1n) is 9.73. The van der Waals surface area contributed by atoms with Crippen LogP contribution in [0.2, 0.25) is 15.1 Å². The lowest BCUT2D eigenvalue weighted by molar-refractivity contribution is 0.0685. The number of halogens is 3. The number of carbonyl (C=O) groups is 1. The predicted molar refractivity (Wildman–Crippen MR) is 128 cm³/mol. The topological polar surface area (TPSA) is 51.5 Å². The van der Waals surface area contributed by atoms with Gasteiger partial charge >= 0.3 is 5.97 Å². The van der Waals surface area contributed by atoms with Crippen molar-refractivity contribution in [3.8, 4) is 16.9 Å². The summed E-state index contributed by atoms with van der Waals surface area (Å²) in [5.41, 5.74) is 3.75. The predicted octanol–water partition coefficient (Wildman–Crippen LogP) is 7.44. The second-order valence-corrected chi connectivity index (χ2v) is 8.57. The van der Waals surface area contributed by atoms with Crippen molar-refractivity contribution < 1.29 is 14.6 Å². The lowest BCUT2D eigenvalue weighted by atomic mass is 10.1. The van der Waals surface area contributed by atoms with Gasteiger partial charge in [0.2, 0.25) is 0 Å². The third-order valence-electron chi connectivity index (χ3n) is 4.90. The number of aromatic nitrogens is 1. The fraction of sp³-hybridized carbons (Fsp3) is 0.0800. The standard InChI is InChI=1S/C25H18Cl3NO3/c26-20-5-1-16(2-6-20)13-29-14-19(11-24(29)25(30)31)18-3-7-23(8-4-18)32-15-17-9-21(27)12-22(28)10-17/h1-12,14H,13,15H2,(H,30,31). The molecule has 162 valence electrons. The molecular formula is C25H18Cl3NO3. The van der Waals surface area contributed by atoms with Gasteiger partial charge in [0.25, 0.3) is 0 Å². The molecule has 32 heavy (non-hydrogen) atoms. The minimum Gasteiger partial charge on any atom is -0.489 e. The van der Waals surface area contributed by atoms with Gasteiger partial charge in [-0.1, -0.05) is 59.1 Å². The van der Waals surface area contributed by atoms with Crippen LogP contribution in [0.25, 0.3) is 11.1 Å². The average molecular weight is 487 g/mol. The Hall–Kier alpha value is -2.92. The molecule has 1 aromatic heterocycles. The molecule has 0 atom stereocenters. The van der Waals surface area contributed by atoms with E-state index < -0.39 is 5.97 Å². The molecule has 0 unspecified atom stereocenters. The fourth-order valence-electron chi connectivity index (χ4n) is 3.37. The van der Waals surface area contributed by atoms with Gasteiger partial charge in [0.15, 0.2) is 0 Å². The van der Waals surface area contributed by atoms with E-state index >= 15 is 0 Å². The molecule has 0 aliphatic rings. The van der Waals surface area contributed by atoms with E-state index in [1.807, 2.05) is 42.6 Å². The van der Waals surface area contributed by atoms with E-state index in [4.69, 9.17) is 39.5 Å². The molecule has 4 nitrogen and oxygen atoms in total. The highest BCUT2D eigenvalue weighted by molar-refractivity contribution is 6.34. The van der Waals surface area contributed by atoms with Crippen LogP contribution in [-0.4, -0.2) is 15.6 Å². The smallest absolute Gasteiger partial charge is 0.352 e. The molecule has 7 heteroatoms. The summed E-state index contributed by atoms with van der Waals surface area (Å²) < 4.78 is 7.54. The van der Waals surface area contributed by atoms with Crippen molar-refractivity contribution in [2.45, 2.75) is 13.2 Å². The van der Waals surface area contributed by atoms with Crippen LogP contribution in [0.1, 0.15) is 21.6 Å². The number of rotatable bonds is 7.